The van der Waals surface area contributed by atoms with E-state index in [-0.39, 0.29) is 0 Å². The SMILES string of the molecule is CCCC[N+](CCCC)(CCCC)CCCC.O=S(=O)(O)O.OC1CCc2c(Cl)ccnc21. The molecular weight excluding hydrogens is 464 g/mol. The van der Waals surface area contributed by atoms with Crippen LogP contribution in [0.1, 0.15) is 103 Å². The largest absolute Gasteiger partial charge is 0.394 e. The van der Waals surface area contributed by atoms with Gasteiger partial charge in [-0.25, -0.2) is 0 Å². The molecule has 0 spiro atoms. The smallest absolute Gasteiger partial charge is 0.387 e. The zero-order valence-electron chi connectivity index (χ0n) is 21.0. The first-order valence-corrected chi connectivity index (χ1v) is 14.2. The lowest BCUT2D eigenvalue weighted by molar-refractivity contribution is -0.929. The van der Waals surface area contributed by atoms with Crippen molar-refractivity contribution in [2.45, 2.75) is 98.0 Å². The van der Waals surface area contributed by atoms with Crippen LogP contribution in [0.15, 0.2) is 12.3 Å². The number of quaternary nitrogens is 1. The predicted molar refractivity (Wildman–Crippen MR) is 136 cm³/mol. The molecule has 1 heterocycles. The Balaban J connectivity index is 0.000000540. The summed E-state index contributed by atoms with van der Waals surface area (Å²) in [6, 6.07) is 1.76. The zero-order valence-corrected chi connectivity index (χ0v) is 22.5. The fourth-order valence-corrected chi connectivity index (χ4v) is 4.33. The highest BCUT2D eigenvalue weighted by Crippen LogP contribution is 2.33. The maximum atomic E-state index is 9.38. The molecule has 0 aromatic carbocycles. The molecule has 0 amide bonds. The van der Waals surface area contributed by atoms with Gasteiger partial charge in [-0.3, -0.25) is 14.1 Å². The molecule has 1 aliphatic carbocycles. The van der Waals surface area contributed by atoms with E-state index in [4.69, 9.17) is 29.1 Å². The van der Waals surface area contributed by atoms with E-state index in [0.717, 1.165) is 29.1 Å². The Bertz CT molecular complexity index is 701. The molecule has 9 heteroatoms. The van der Waals surface area contributed by atoms with E-state index < -0.39 is 16.5 Å². The Labute approximate surface area is 206 Å². The van der Waals surface area contributed by atoms with Gasteiger partial charge in [0, 0.05) is 11.2 Å². The Morgan fingerprint density at radius 2 is 1.33 bits per heavy atom. The molecule has 1 atom stereocenters. The van der Waals surface area contributed by atoms with Gasteiger partial charge in [0.2, 0.25) is 0 Å². The standard InChI is InChI=1S/C16H36N.C8H8ClNO.H2O4S/c1-5-9-13-17(14-10-6-2,15-11-7-3)16-12-8-4;9-6-3-4-10-8-5(6)1-2-7(8)11;1-5(2,3)4/h5-16H2,1-4H3;3-4,7,11H,1-2H2;(H2,1,2,3,4)/q+1;;. The second kappa shape index (κ2) is 17.6. The third kappa shape index (κ3) is 15.0. The Kier molecular flexibility index (Phi) is 17.2. The van der Waals surface area contributed by atoms with Gasteiger partial charge in [-0.15, -0.1) is 0 Å². The number of pyridine rings is 1. The van der Waals surface area contributed by atoms with Crippen LogP contribution in [0.4, 0.5) is 0 Å². The van der Waals surface area contributed by atoms with E-state index in [1.54, 1.807) is 12.3 Å². The highest BCUT2D eigenvalue weighted by Gasteiger charge is 2.25. The number of hydrogen-bond acceptors (Lipinski definition) is 4. The van der Waals surface area contributed by atoms with Crippen LogP contribution in [0.5, 0.6) is 0 Å². The number of aromatic nitrogens is 1. The minimum Gasteiger partial charge on any atom is -0.387 e. The summed E-state index contributed by atoms with van der Waals surface area (Å²) in [4.78, 5) is 4.07. The molecule has 0 fully saturated rings. The summed E-state index contributed by atoms with van der Waals surface area (Å²) in [6.07, 6.45) is 13.9. The van der Waals surface area contributed by atoms with Gasteiger partial charge >= 0.3 is 10.4 Å². The maximum absolute atomic E-state index is 9.38. The quantitative estimate of drug-likeness (QED) is 0.233. The van der Waals surface area contributed by atoms with Crippen molar-refractivity contribution in [1.29, 1.82) is 0 Å². The van der Waals surface area contributed by atoms with Gasteiger partial charge in [0.15, 0.2) is 0 Å². The van der Waals surface area contributed by atoms with Gasteiger partial charge < -0.3 is 9.59 Å². The average Bonchev–Trinajstić information content (AvgIpc) is 3.14. The molecule has 2 rings (SSSR count). The second-order valence-corrected chi connectivity index (χ2v) is 10.1. The van der Waals surface area contributed by atoms with Crippen LogP contribution in [0.3, 0.4) is 0 Å². The fourth-order valence-electron chi connectivity index (χ4n) is 4.08. The molecule has 1 aromatic heterocycles. The van der Waals surface area contributed by atoms with E-state index in [1.165, 1.54) is 82.0 Å². The number of fused-ring (bicyclic) bond motifs is 1. The van der Waals surface area contributed by atoms with Crippen molar-refractivity contribution in [3.8, 4) is 0 Å². The number of halogens is 1. The Morgan fingerprint density at radius 3 is 1.67 bits per heavy atom. The van der Waals surface area contributed by atoms with Crippen molar-refractivity contribution < 1.29 is 27.1 Å². The average molecular weight is 510 g/mol. The minimum absolute atomic E-state index is 0.399. The molecule has 0 aliphatic heterocycles. The monoisotopic (exact) mass is 509 g/mol. The molecule has 1 aromatic rings. The number of aliphatic hydroxyl groups is 1. The summed E-state index contributed by atoms with van der Waals surface area (Å²) < 4.78 is 33.0. The highest BCUT2D eigenvalue weighted by atomic mass is 35.5. The van der Waals surface area contributed by atoms with Crippen molar-refractivity contribution >= 4 is 22.0 Å². The lowest BCUT2D eigenvalue weighted by Crippen LogP contribution is -2.50. The first-order chi connectivity index (χ1) is 15.5. The van der Waals surface area contributed by atoms with Gasteiger partial charge in [0.05, 0.1) is 38.0 Å². The molecule has 3 N–H and O–H groups in total. The number of hydrogen-bond donors (Lipinski definition) is 3. The van der Waals surface area contributed by atoms with Crippen molar-refractivity contribution in [3.05, 3.63) is 28.5 Å². The van der Waals surface area contributed by atoms with E-state index in [0.29, 0.717) is 0 Å². The lowest BCUT2D eigenvalue weighted by Gasteiger charge is -2.39. The van der Waals surface area contributed by atoms with Crippen molar-refractivity contribution in [2.24, 2.45) is 0 Å². The van der Waals surface area contributed by atoms with E-state index in [9.17, 15) is 5.11 Å². The number of aliphatic hydroxyl groups excluding tert-OH is 1. The van der Waals surface area contributed by atoms with Crippen LogP contribution < -0.4 is 0 Å². The van der Waals surface area contributed by atoms with Crippen molar-refractivity contribution in [3.63, 3.8) is 0 Å². The first kappa shape index (κ1) is 32.2. The van der Waals surface area contributed by atoms with E-state index >= 15 is 0 Å². The predicted octanol–water partition coefficient (Wildman–Crippen LogP) is 6.07. The molecule has 0 bridgehead atoms. The zero-order chi connectivity index (χ0) is 25.3. The molecule has 1 unspecified atom stereocenters. The molecule has 194 valence electrons. The molecule has 1 aliphatic rings. The van der Waals surface area contributed by atoms with Gasteiger partial charge in [0.25, 0.3) is 0 Å². The van der Waals surface area contributed by atoms with Gasteiger partial charge in [-0.2, -0.15) is 8.42 Å². The van der Waals surface area contributed by atoms with Crippen LogP contribution in [0.2, 0.25) is 5.02 Å². The van der Waals surface area contributed by atoms with Crippen molar-refractivity contribution in [2.75, 3.05) is 26.2 Å². The van der Waals surface area contributed by atoms with Crippen molar-refractivity contribution in [1.82, 2.24) is 4.98 Å². The maximum Gasteiger partial charge on any atom is 0.394 e. The normalized spacial score (nSPS) is 15.2. The lowest BCUT2D eigenvalue weighted by atomic mass is 10.1. The summed E-state index contributed by atoms with van der Waals surface area (Å²) in [5.74, 6) is 0. The van der Waals surface area contributed by atoms with Crippen LogP contribution in [-0.4, -0.2) is 58.3 Å². The van der Waals surface area contributed by atoms with Gasteiger partial charge in [0.1, 0.15) is 0 Å². The second-order valence-electron chi connectivity index (χ2n) is 8.81. The summed E-state index contributed by atoms with van der Waals surface area (Å²) in [5, 5.41) is 10.1. The summed E-state index contributed by atoms with van der Waals surface area (Å²) >= 11 is 5.88. The van der Waals surface area contributed by atoms with Gasteiger partial charge in [-0.05, 0) is 50.2 Å². The van der Waals surface area contributed by atoms with E-state index in [2.05, 4.69) is 32.7 Å². The fraction of sp³-hybridized carbons (Fsp3) is 0.792. The first-order valence-electron chi connectivity index (χ1n) is 12.4. The number of rotatable bonds is 12. The molecule has 7 nitrogen and oxygen atoms in total. The molecule has 0 saturated carbocycles. The molecule has 0 saturated heterocycles. The number of unbranched alkanes of at least 4 members (excludes halogenated alkanes) is 4. The third-order valence-electron chi connectivity index (χ3n) is 5.96. The van der Waals surface area contributed by atoms with Crippen LogP contribution in [0, 0.1) is 0 Å². The van der Waals surface area contributed by atoms with E-state index in [1.807, 2.05) is 0 Å². The summed E-state index contributed by atoms with van der Waals surface area (Å²) in [6.45, 7) is 15.0. The molecule has 0 radical (unpaired) electrons. The highest BCUT2D eigenvalue weighted by molar-refractivity contribution is 7.79. The third-order valence-corrected chi connectivity index (χ3v) is 6.31. The Morgan fingerprint density at radius 1 is 0.939 bits per heavy atom. The number of nitrogens with zero attached hydrogens (tertiary/aromatic N) is 2. The summed E-state index contributed by atoms with van der Waals surface area (Å²) in [5.41, 5.74) is 1.78. The summed E-state index contributed by atoms with van der Waals surface area (Å²) in [7, 11) is -4.67. The van der Waals surface area contributed by atoms with Crippen LogP contribution in [0.25, 0.3) is 0 Å². The minimum atomic E-state index is -4.67. The molecule has 33 heavy (non-hydrogen) atoms. The van der Waals surface area contributed by atoms with Gasteiger partial charge in [-0.1, -0.05) is 65.0 Å². The van der Waals surface area contributed by atoms with Crippen LogP contribution >= 0.6 is 11.6 Å². The topological polar surface area (TPSA) is 108 Å². The Hall–Kier alpha value is -0.770. The van der Waals surface area contributed by atoms with Crippen LogP contribution in [-0.2, 0) is 16.8 Å². The molecular formula is C24H46ClN2O5S+.